The van der Waals surface area contributed by atoms with Crippen molar-refractivity contribution in [1.29, 1.82) is 0 Å². The second-order valence-electron chi connectivity index (χ2n) is 7.25. The third-order valence-electron chi connectivity index (χ3n) is 5.69. The first-order valence-corrected chi connectivity index (χ1v) is 8.56. The Balaban J connectivity index is 2.05. The zero-order valence-corrected chi connectivity index (χ0v) is 13.5. The molecule has 0 aromatic carbocycles. The molecule has 1 aliphatic rings. The quantitative estimate of drug-likeness (QED) is 0.422. The van der Waals surface area contributed by atoms with Gasteiger partial charge in [0.05, 0.1) is 0 Å². The number of hydrogen-bond acceptors (Lipinski definition) is 0. The highest BCUT2D eigenvalue weighted by molar-refractivity contribution is 4.82. The Hall–Kier alpha value is 0. The maximum Gasteiger partial charge on any atom is -0.0360 e. The van der Waals surface area contributed by atoms with Gasteiger partial charge in [-0.05, 0) is 36.0 Å². The number of unbranched alkanes of at least 4 members (excludes halogenated alkanes) is 2. The minimum absolute atomic E-state index is 0.865. The molecule has 0 spiro atoms. The van der Waals surface area contributed by atoms with Crippen LogP contribution in [-0.4, -0.2) is 0 Å². The SMILES string of the molecule is CCC(CCCCCC(C)C(C)C)C1CCC1C. The van der Waals surface area contributed by atoms with Gasteiger partial charge in [-0.2, -0.15) is 0 Å². The molecule has 0 heteroatoms. The molecule has 4 atom stereocenters. The summed E-state index contributed by atoms with van der Waals surface area (Å²) in [7, 11) is 0. The lowest BCUT2D eigenvalue weighted by atomic mass is 9.66. The Kier molecular flexibility index (Phi) is 7.34. The molecule has 0 amide bonds. The monoisotopic (exact) mass is 252 g/mol. The molecule has 108 valence electrons. The topological polar surface area (TPSA) is 0 Å². The molecule has 1 saturated carbocycles. The van der Waals surface area contributed by atoms with E-state index in [1.165, 1.54) is 51.4 Å². The van der Waals surface area contributed by atoms with Crippen molar-refractivity contribution in [2.45, 2.75) is 86.0 Å². The fraction of sp³-hybridized carbons (Fsp3) is 1.00. The van der Waals surface area contributed by atoms with E-state index in [1.54, 1.807) is 0 Å². The van der Waals surface area contributed by atoms with E-state index in [4.69, 9.17) is 0 Å². The average Bonchev–Trinajstić information content (AvgIpc) is 2.34. The van der Waals surface area contributed by atoms with Crippen LogP contribution in [0.15, 0.2) is 0 Å². The Bertz CT molecular complexity index is 206. The van der Waals surface area contributed by atoms with Crippen LogP contribution in [0.2, 0.25) is 0 Å². The molecular formula is C18H36. The van der Waals surface area contributed by atoms with Crippen molar-refractivity contribution in [3.8, 4) is 0 Å². The molecular weight excluding hydrogens is 216 g/mol. The van der Waals surface area contributed by atoms with Gasteiger partial charge in [0, 0.05) is 0 Å². The second-order valence-corrected chi connectivity index (χ2v) is 7.25. The summed E-state index contributed by atoms with van der Waals surface area (Å²) in [6.45, 7) is 12.0. The normalized spacial score (nSPS) is 27.0. The van der Waals surface area contributed by atoms with Crippen LogP contribution in [0.4, 0.5) is 0 Å². The van der Waals surface area contributed by atoms with Crippen molar-refractivity contribution in [3.05, 3.63) is 0 Å². The maximum absolute atomic E-state index is 2.46. The van der Waals surface area contributed by atoms with E-state index in [1.807, 2.05) is 0 Å². The van der Waals surface area contributed by atoms with Gasteiger partial charge in [-0.15, -0.1) is 0 Å². The summed E-state index contributed by atoms with van der Waals surface area (Å²) in [5, 5.41) is 0. The van der Waals surface area contributed by atoms with Gasteiger partial charge in [-0.1, -0.05) is 79.6 Å². The summed E-state index contributed by atoms with van der Waals surface area (Å²) in [5.74, 6) is 4.92. The summed E-state index contributed by atoms with van der Waals surface area (Å²) in [4.78, 5) is 0. The molecule has 1 rings (SSSR count). The van der Waals surface area contributed by atoms with E-state index in [0.29, 0.717) is 0 Å². The van der Waals surface area contributed by atoms with Gasteiger partial charge in [0.2, 0.25) is 0 Å². The van der Waals surface area contributed by atoms with Gasteiger partial charge in [-0.3, -0.25) is 0 Å². The molecule has 0 aromatic heterocycles. The predicted octanol–water partition coefficient (Wildman–Crippen LogP) is 6.30. The lowest BCUT2D eigenvalue weighted by molar-refractivity contribution is 0.107. The molecule has 0 saturated heterocycles. The third-order valence-corrected chi connectivity index (χ3v) is 5.69. The smallest absolute Gasteiger partial charge is 0.0360 e. The van der Waals surface area contributed by atoms with Crippen molar-refractivity contribution in [3.63, 3.8) is 0 Å². The molecule has 1 aliphatic carbocycles. The van der Waals surface area contributed by atoms with Crippen LogP contribution in [0.25, 0.3) is 0 Å². The highest BCUT2D eigenvalue weighted by Gasteiger charge is 2.32. The van der Waals surface area contributed by atoms with E-state index >= 15 is 0 Å². The molecule has 4 unspecified atom stereocenters. The van der Waals surface area contributed by atoms with Crippen LogP contribution < -0.4 is 0 Å². The minimum atomic E-state index is 0.865. The largest absolute Gasteiger partial charge is 0.0651 e. The van der Waals surface area contributed by atoms with Crippen molar-refractivity contribution < 1.29 is 0 Å². The van der Waals surface area contributed by atoms with E-state index in [9.17, 15) is 0 Å². The van der Waals surface area contributed by atoms with Crippen molar-refractivity contribution >= 4 is 0 Å². The fourth-order valence-electron chi connectivity index (χ4n) is 3.50. The van der Waals surface area contributed by atoms with Gasteiger partial charge < -0.3 is 0 Å². The van der Waals surface area contributed by atoms with Gasteiger partial charge >= 0.3 is 0 Å². The van der Waals surface area contributed by atoms with E-state index < -0.39 is 0 Å². The highest BCUT2D eigenvalue weighted by atomic mass is 14.4. The fourth-order valence-corrected chi connectivity index (χ4v) is 3.50. The zero-order chi connectivity index (χ0) is 13.5. The lowest BCUT2D eigenvalue weighted by Crippen LogP contribution is -2.30. The van der Waals surface area contributed by atoms with Gasteiger partial charge in [0.25, 0.3) is 0 Å². The highest BCUT2D eigenvalue weighted by Crippen LogP contribution is 2.42. The molecule has 0 heterocycles. The Labute approximate surface area is 116 Å². The predicted molar refractivity (Wildman–Crippen MR) is 82.8 cm³/mol. The Morgan fingerprint density at radius 2 is 1.61 bits per heavy atom. The maximum atomic E-state index is 2.46. The van der Waals surface area contributed by atoms with Crippen LogP contribution in [0, 0.1) is 29.6 Å². The summed E-state index contributed by atoms with van der Waals surface area (Å²) < 4.78 is 0. The Morgan fingerprint density at radius 3 is 2.06 bits per heavy atom. The summed E-state index contributed by atoms with van der Waals surface area (Å²) in [6, 6.07) is 0. The zero-order valence-electron chi connectivity index (χ0n) is 13.5. The first-order chi connectivity index (χ1) is 8.56. The summed E-state index contributed by atoms with van der Waals surface area (Å²) >= 11 is 0. The van der Waals surface area contributed by atoms with Gasteiger partial charge in [0.15, 0.2) is 0 Å². The van der Waals surface area contributed by atoms with Crippen molar-refractivity contribution in [1.82, 2.24) is 0 Å². The standard InChI is InChI=1S/C18H36/c1-6-17(18-13-12-16(18)5)11-9-7-8-10-15(4)14(2)3/h14-18H,6-13H2,1-5H3. The molecule has 0 nitrogen and oxygen atoms in total. The molecule has 0 N–H and O–H groups in total. The molecule has 0 aliphatic heterocycles. The lowest BCUT2D eigenvalue weighted by Gasteiger charge is -2.40. The first-order valence-electron chi connectivity index (χ1n) is 8.56. The van der Waals surface area contributed by atoms with Crippen molar-refractivity contribution in [2.24, 2.45) is 29.6 Å². The van der Waals surface area contributed by atoms with Gasteiger partial charge in [0.1, 0.15) is 0 Å². The average molecular weight is 252 g/mol. The third kappa shape index (κ3) is 4.94. The van der Waals surface area contributed by atoms with Crippen LogP contribution in [0.5, 0.6) is 0 Å². The number of hydrogen-bond donors (Lipinski definition) is 0. The molecule has 18 heavy (non-hydrogen) atoms. The second kappa shape index (κ2) is 8.23. The van der Waals surface area contributed by atoms with Crippen molar-refractivity contribution in [2.75, 3.05) is 0 Å². The molecule has 1 fully saturated rings. The molecule has 0 aromatic rings. The number of rotatable bonds is 9. The van der Waals surface area contributed by atoms with E-state index in [-0.39, 0.29) is 0 Å². The van der Waals surface area contributed by atoms with E-state index in [0.717, 1.165) is 29.6 Å². The molecule has 0 bridgehead atoms. The van der Waals surface area contributed by atoms with Crippen LogP contribution in [-0.2, 0) is 0 Å². The van der Waals surface area contributed by atoms with Crippen LogP contribution in [0.1, 0.15) is 86.0 Å². The molecule has 0 radical (unpaired) electrons. The first kappa shape index (κ1) is 16.1. The summed E-state index contributed by atoms with van der Waals surface area (Å²) in [6.07, 6.45) is 11.8. The van der Waals surface area contributed by atoms with Crippen LogP contribution >= 0.6 is 0 Å². The summed E-state index contributed by atoms with van der Waals surface area (Å²) in [5.41, 5.74) is 0. The van der Waals surface area contributed by atoms with Crippen LogP contribution in [0.3, 0.4) is 0 Å². The van der Waals surface area contributed by atoms with E-state index in [2.05, 4.69) is 34.6 Å². The minimum Gasteiger partial charge on any atom is -0.0651 e. The van der Waals surface area contributed by atoms with Gasteiger partial charge in [-0.25, -0.2) is 0 Å². The Morgan fingerprint density at radius 1 is 0.944 bits per heavy atom.